The average Bonchev–Trinajstić information content (AvgIpc) is 3.37. The molecule has 0 unspecified atom stereocenters. The number of aryl methyl sites for hydroxylation is 2. The minimum Gasteiger partial charge on any atom is -0.332 e. The van der Waals surface area contributed by atoms with Crippen LogP contribution in [0.25, 0.3) is 28.8 Å². The van der Waals surface area contributed by atoms with Crippen LogP contribution in [0.3, 0.4) is 0 Å². The van der Waals surface area contributed by atoms with Crippen molar-refractivity contribution >= 4 is 12.4 Å². The highest BCUT2D eigenvalue weighted by molar-refractivity contribution is 5.85. The number of hydrogen-bond donors (Lipinski definition) is 1. The van der Waals surface area contributed by atoms with Gasteiger partial charge in [0, 0.05) is 35.9 Å². The molecule has 0 fully saturated rings. The number of imidazole rings is 1. The molecule has 0 atom stereocenters. The van der Waals surface area contributed by atoms with Crippen molar-refractivity contribution in [1.82, 2.24) is 35.0 Å². The van der Waals surface area contributed by atoms with Crippen LogP contribution in [0.5, 0.6) is 0 Å². The summed E-state index contributed by atoms with van der Waals surface area (Å²) in [6.45, 7) is 5.68. The molecule has 1 N–H and O–H groups in total. The van der Waals surface area contributed by atoms with Gasteiger partial charge in [-0.25, -0.2) is 9.97 Å². The van der Waals surface area contributed by atoms with E-state index in [9.17, 15) is 0 Å². The first-order valence-electron chi connectivity index (χ1n) is 9.19. The zero-order chi connectivity index (χ0) is 19.1. The summed E-state index contributed by atoms with van der Waals surface area (Å²) in [7, 11) is 0. The van der Waals surface area contributed by atoms with Crippen LogP contribution >= 0.6 is 12.4 Å². The van der Waals surface area contributed by atoms with E-state index < -0.39 is 0 Å². The van der Waals surface area contributed by atoms with Gasteiger partial charge in [-0.15, -0.1) is 12.4 Å². The second kappa shape index (κ2) is 7.73. The van der Waals surface area contributed by atoms with Crippen LogP contribution in [0.15, 0.2) is 41.4 Å². The first-order chi connectivity index (χ1) is 13.7. The highest BCUT2D eigenvalue weighted by Gasteiger charge is 2.22. The maximum Gasteiger partial charge on any atom is 0.278 e. The average molecular weight is 410 g/mol. The first-order valence-corrected chi connectivity index (χ1v) is 9.19. The molecule has 5 rings (SSSR count). The molecule has 1 aliphatic heterocycles. The summed E-state index contributed by atoms with van der Waals surface area (Å²) in [5.74, 6) is 1.73. The number of fused-ring (bicyclic) bond motifs is 1. The van der Waals surface area contributed by atoms with Gasteiger partial charge in [-0.05, 0) is 50.1 Å². The molecule has 0 spiro atoms. The molecule has 9 heteroatoms. The number of nitrogens with one attached hydrogen (secondary N) is 1. The number of aromatic nitrogens is 6. The van der Waals surface area contributed by atoms with Gasteiger partial charge < -0.3 is 9.84 Å². The Kier molecular flexibility index (Phi) is 5.12. The molecule has 148 valence electrons. The summed E-state index contributed by atoms with van der Waals surface area (Å²) in [6, 6.07) is 5.85. The zero-order valence-electron chi connectivity index (χ0n) is 16.1. The van der Waals surface area contributed by atoms with Crippen LogP contribution in [-0.2, 0) is 13.0 Å². The Morgan fingerprint density at radius 3 is 2.90 bits per heavy atom. The Morgan fingerprint density at radius 1 is 1.14 bits per heavy atom. The minimum absolute atomic E-state index is 0. The molecule has 1 aliphatic rings. The number of pyridine rings is 2. The maximum atomic E-state index is 5.52. The number of hydrogen-bond acceptors (Lipinski definition) is 7. The van der Waals surface area contributed by atoms with Gasteiger partial charge in [0.2, 0.25) is 5.82 Å². The van der Waals surface area contributed by atoms with Gasteiger partial charge in [0.15, 0.2) is 0 Å². The van der Waals surface area contributed by atoms with Gasteiger partial charge in [0.25, 0.3) is 5.89 Å². The fraction of sp³-hybridized carbons (Fsp3) is 0.250. The van der Waals surface area contributed by atoms with Gasteiger partial charge in [-0.2, -0.15) is 4.98 Å². The second-order valence-corrected chi connectivity index (χ2v) is 6.88. The molecule has 0 bridgehead atoms. The Labute approximate surface area is 173 Å². The van der Waals surface area contributed by atoms with Gasteiger partial charge in [0.05, 0.1) is 0 Å². The second-order valence-electron chi connectivity index (χ2n) is 6.88. The molecule has 4 aromatic heterocycles. The summed E-state index contributed by atoms with van der Waals surface area (Å²) in [4.78, 5) is 18.0. The van der Waals surface area contributed by atoms with E-state index in [0.717, 1.165) is 42.3 Å². The largest absolute Gasteiger partial charge is 0.332 e. The zero-order valence-corrected chi connectivity index (χ0v) is 16.9. The van der Waals surface area contributed by atoms with Crippen LogP contribution in [0.2, 0.25) is 0 Å². The quantitative estimate of drug-likeness (QED) is 0.555. The lowest BCUT2D eigenvalue weighted by molar-refractivity contribution is 0.431. The van der Waals surface area contributed by atoms with Crippen LogP contribution in [0.1, 0.15) is 22.5 Å². The number of halogens is 1. The van der Waals surface area contributed by atoms with Crippen molar-refractivity contribution in [2.75, 3.05) is 6.54 Å². The highest BCUT2D eigenvalue weighted by Crippen LogP contribution is 2.30. The Bertz CT molecular complexity index is 1170. The summed E-state index contributed by atoms with van der Waals surface area (Å²) >= 11 is 0. The highest BCUT2D eigenvalue weighted by atomic mass is 35.5. The van der Waals surface area contributed by atoms with Crippen LogP contribution < -0.4 is 5.32 Å². The number of rotatable bonds is 3. The minimum atomic E-state index is 0. The van der Waals surface area contributed by atoms with Crippen LogP contribution in [0, 0.1) is 13.8 Å². The predicted molar refractivity (Wildman–Crippen MR) is 110 cm³/mol. The third-order valence-corrected chi connectivity index (χ3v) is 4.92. The summed E-state index contributed by atoms with van der Waals surface area (Å²) in [6.07, 6.45) is 6.39. The first kappa shape index (κ1) is 19.2. The van der Waals surface area contributed by atoms with E-state index in [4.69, 9.17) is 4.52 Å². The van der Waals surface area contributed by atoms with Crippen molar-refractivity contribution in [3.05, 3.63) is 59.4 Å². The van der Waals surface area contributed by atoms with Gasteiger partial charge in [-0.3, -0.25) is 9.55 Å². The van der Waals surface area contributed by atoms with Crippen molar-refractivity contribution in [3.8, 4) is 28.8 Å². The predicted octanol–water partition coefficient (Wildman–Crippen LogP) is 3.06. The van der Waals surface area contributed by atoms with Crippen molar-refractivity contribution in [2.24, 2.45) is 0 Å². The molecule has 5 heterocycles. The maximum absolute atomic E-state index is 5.52. The van der Waals surface area contributed by atoms with E-state index >= 15 is 0 Å². The summed E-state index contributed by atoms with van der Waals surface area (Å²) in [5.41, 5.74) is 5.86. The van der Waals surface area contributed by atoms with Crippen molar-refractivity contribution in [1.29, 1.82) is 0 Å². The van der Waals surface area contributed by atoms with E-state index in [2.05, 4.69) is 30.4 Å². The van der Waals surface area contributed by atoms with Crippen LogP contribution in [0.4, 0.5) is 0 Å². The van der Waals surface area contributed by atoms with E-state index in [0.29, 0.717) is 17.4 Å². The molecule has 29 heavy (non-hydrogen) atoms. The normalized spacial score (nSPS) is 13.0. The smallest absolute Gasteiger partial charge is 0.278 e. The lowest BCUT2D eigenvalue weighted by Crippen LogP contribution is -2.24. The fourth-order valence-corrected chi connectivity index (χ4v) is 3.53. The SMILES string of the molecule is Cc1cccc(-n2cnc(-c3nc(-c4c(C)ncc5c4CCNC5)no3)c2)n1.Cl. The molecule has 8 nitrogen and oxygen atoms in total. The van der Waals surface area contributed by atoms with Crippen molar-refractivity contribution < 1.29 is 4.52 Å². The Balaban J connectivity index is 0.00000205. The monoisotopic (exact) mass is 409 g/mol. The molecule has 0 amide bonds. The standard InChI is InChI=1S/C20H19N7O.ClH/c1-12-4-3-5-17(24-12)27-10-16(23-11-27)20-25-19(26-28-20)18-13(2)22-9-14-8-21-7-6-15(14)18;/h3-5,9-11,21H,6-8H2,1-2H3;1H. The summed E-state index contributed by atoms with van der Waals surface area (Å²) in [5, 5.41) is 7.59. The van der Waals surface area contributed by atoms with Crippen molar-refractivity contribution in [3.63, 3.8) is 0 Å². The molecular weight excluding hydrogens is 390 g/mol. The van der Waals surface area contributed by atoms with E-state index in [1.54, 1.807) is 6.33 Å². The van der Waals surface area contributed by atoms with Gasteiger partial charge in [0.1, 0.15) is 17.8 Å². The van der Waals surface area contributed by atoms with Gasteiger partial charge >= 0.3 is 0 Å². The van der Waals surface area contributed by atoms with E-state index in [1.165, 1.54) is 11.1 Å². The number of nitrogens with zero attached hydrogens (tertiary/aromatic N) is 6. The summed E-state index contributed by atoms with van der Waals surface area (Å²) < 4.78 is 7.37. The molecule has 0 aliphatic carbocycles. The molecule has 4 aromatic rings. The third-order valence-electron chi connectivity index (χ3n) is 4.92. The molecule has 0 aromatic carbocycles. The lowest BCUT2D eigenvalue weighted by atomic mass is 9.95. The van der Waals surface area contributed by atoms with E-state index in [-0.39, 0.29) is 12.4 Å². The molecule has 0 saturated carbocycles. The fourth-order valence-electron chi connectivity index (χ4n) is 3.53. The topological polar surface area (TPSA) is 94.6 Å². The molecular formula is C20H20ClN7O. The van der Waals surface area contributed by atoms with Crippen molar-refractivity contribution in [2.45, 2.75) is 26.8 Å². The van der Waals surface area contributed by atoms with E-state index in [1.807, 2.05) is 49.0 Å². The third kappa shape index (κ3) is 3.52. The van der Waals surface area contributed by atoms with Crippen LogP contribution in [-0.4, -0.2) is 36.2 Å². The molecule has 0 radical (unpaired) electrons. The lowest BCUT2D eigenvalue weighted by Gasteiger charge is -2.19. The Morgan fingerprint density at radius 2 is 2.03 bits per heavy atom. The molecule has 0 saturated heterocycles. The Hall–Kier alpha value is -3.10. The van der Waals surface area contributed by atoms with Gasteiger partial charge in [-0.1, -0.05) is 11.2 Å².